The molecule has 0 spiro atoms. The summed E-state index contributed by atoms with van der Waals surface area (Å²) in [6, 6.07) is 10.9. The van der Waals surface area contributed by atoms with Gasteiger partial charge in [-0.3, -0.25) is 4.79 Å². The van der Waals surface area contributed by atoms with Crippen LogP contribution in [0.5, 0.6) is 5.75 Å². The van der Waals surface area contributed by atoms with Gasteiger partial charge in [0.15, 0.2) is 6.10 Å². The predicted octanol–water partition coefficient (Wildman–Crippen LogP) is 4.58. The van der Waals surface area contributed by atoms with Crippen molar-refractivity contribution in [3.05, 3.63) is 58.7 Å². The first-order valence-corrected chi connectivity index (χ1v) is 9.18. The van der Waals surface area contributed by atoms with Gasteiger partial charge in [0.05, 0.1) is 12.2 Å². The Morgan fingerprint density at radius 2 is 1.78 bits per heavy atom. The molecule has 2 rings (SSSR count). The van der Waals surface area contributed by atoms with Gasteiger partial charge in [-0.1, -0.05) is 25.1 Å². The lowest BCUT2D eigenvalue weighted by Crippen LogP contribution is -2.33. The van der Waals surface area contributed by atoms with Crippen molar-refractivity contribution in [2.24, 2.45) is 0 Å². The highest BCUT2D eigenvalue weighted by atomic mass is 16.5. The fourth-order valence-electron chi connectivity index (χ4n) is 2.64. The fourth-order valence-corrected chi connectivity index (χ4v) is 2.64. The van der Waals surface area contributed by atoms with E-state index < -0.39 is 12.1 Å². The summed E-state index contributed by atoms with van der Waals surface area (Å²) in [5.74, 6) is 0.0446. The third kappa shape index (κ3) is 5.09. The molecule has 0 heterocycles. The summed E-state index contributed by atoms with van der Waals surface area (Å²) in [4.78, 5) is 24.7. The first kappa shape index (κ1) is 20.5. The Morgan fingerprint density at radius 3 is 2.44 bits per heavy atom. The molecule has 0 fully saturated rings. The van der Waals surface area contributed by atoms with Gasteiger partial charge in [-0.15, -0.1) is 0 Å². The second kappa shape index (κ2) is 9.21. The Morgan fingerprint density at radius 1 is 1.04 bits per heavy atom. The van der Waals surface area contributed by atoms with E-state index in [4.69, 9.17) is 9.47 Å². The summed E-state index contributed by atoms with van der Waals surface area (Å²) in [5, 5.41) is 2.88. The lowest BCUT2D eigenvalue weighted by atomic mass is 10.1. The van der Waals surface area contributed by atoms with Crippen molar-refractivity contribution in [3.8, 4) is 5.75 Å². The number of nitrogens with one attached hydrogen (secondary N) is 1. The highest BCUT2D eigenvalue weighted by Gasteiger charge is 2.21. The SMILES string of the molecule is CCOC(=O)c1ccc(C)c(NC(=O)[C@@H](CC)Oc2cccc(C)c2C)c1. The standard InChI is InChI=1S/C22H27NO4/c1-6-19(27-20-10-8-9-14(3)16(20)5)21(24)23-18-13-17(12-11-15(18)4)22(25)26-7-2/h8-13,19H,6-7H2,1-5H3,(H,23,24)/t19-/m1/s1. The maximum atomic E-state index is 12.8. The van der Waals surface area contributed by atoms with Crippen LogP contribution < -0.4 is 10.1 Å². The molecule has 0 saturated heterocycles. The van der Waals surface area contributed by atoms with Gasteiger partial charge in [0, 0.05) is 5.69 Å². The summed E-state index contributed by atoms with van der Waals surface area (Å²) in [5.41, 5.74) is 3.97. The Hall–Kier alpha value is -2.82. The van der Waals surface area contributed by atoms with Crippen LogP contribution >= 0.6 is 0 Å². The summed E-state index contributed by atoms with van der Waals surface area (Å²) in [7, 11) is 0. The largest absolute Gasteiger partial charge is 0.480 e. The van der Waals surface area contributed by atoms with Crippen molar-refractivity contribution in [1.29, 1.82) is 0 Å². The number of ether oxygens (including phenoxy) is 2. The zero-order chi connectivity index (χ0) is 20.0. The third-order valence-corrected chi connectivity index (χ3v) is 4.49. The summed E-state index contributed by atoms with van der Waals surface area (Å²) < 4.78 is 11.0. The molecule has 0 aliphatic heterocycles. The zero-order valence-electron chi connectivity index (χ0n) is 16.6. The van der Waals surface area contributed by atoms with Crippen LogP contribution in [0.25, 0.3) is 0 Å². The molecule has 27 heavy (non-hydrogen) atoms. The van der Waals surface area contributed by atoms with Crippen molar-refractivity contribution in [2.45, 2.75) is 47.1 Å². The highest BCUT2D eigenvalue weighted by molar-refractivity contribution is 5.97. The molecule has 0 saturated carbocycles. The molecule has 5 heteroatoms. The number of amides is 1. The minimum Gasteiger partial charge on any atom is -0.480 e. The van der Waals surface area contributed by atoms with Gasteiger partial charge >= 0.3 is 5.97 Å². The van der Waals surface area contributed by atoms with Gasteiger partial charge < -0.3 is 14.8 Å². The quantitative estimate of drug-likeness (QED) is 0.725. The molecule has 144 valence electrons. The normalized spacial score (nSPS) is 11.6. The average molecular weight is 369 g/mol. The smallest absolute Gasteiger partial charge is 0.338 e. The Labute approximate surface area is 160 Å². The van der Waals surface area contributed by atoms with E-state index in [0.29, 0.717) is 30.0 Å². The molecule has 0 aliphatic rings. The molecule has 1 atom stereocenters. The molecular weight excluding hydrogens is 342 g/mol. The van der Waals surface area contributed by atoms with Gasteiger partial charge in [-0.2, -0.15) is 0 Å². The minimum atomic E-state index is -0.629. The van der Waals surface area contributed by atoms with Gasteiger partial charge in [0.2, 0.25) is 0 Å². The average Bonchev–Trinajstić information content (AvgIpc) is 2.64. The van der Waals surface area contributed by atoms with E-state index in [1.54, 1.807) is 25.1 Å². The zero-order valence-corrected chi connectivity index (χ0v) is 16.6. The number of anilines is 1. The number of hydrogen-bond donors (Lipinski definition) is 1. The molecule has 5 nitrogen and oxygen atoms in total. The molecule has 2 aromatic carbocycles. The first-order chi connectivity index (χ1) is 12.9. The predicted molar refractivity (Wildman–Crippen MR) is 106 cm³/mol. The number of aryl methyl sites for hydroxylation is 2. The van der Waals surface area contributed by atoms with E-state index in [9.17, 15) is 9.59 Å². The van der Waals surface area contributed by atoms with E-state index in [2.05, 4.69) is 5.32 Å². The molecule has 1 amide bonds. The van der Waals surface area contributed by atoms with Crippen molar-refractivity contribution in [3.63, 3.8) is 0 Å². The van der Waals surface area contributed by atoms with Crippen LogP contribution in [-0.2, 0) is 9.53 Å². The van der Waals surface area contributed by atoms with Crippen LogP contribution in [0.1, 0.15) is 47.3 Å². The van der Waals surface area contributed by atoms with Gasteiger partial charge in [-0.25, -0.2) is 4.79 Å². The maximum absolute atomic E-state index is 12.8. The Balaban J connectivity index is 2.18. The Kier molecular flexibility index (Phi) is 6.99. The molecule has 0 aromatic heterocycles. The van der Waals surface area contributed by atoms with E-state index in [1.165, 1.54) is 0 Å². The third-order valence-electron chi connectivity index (χ3n) is 4.49. The highest BCUT2D eigenvalue weighted by Crippen LogP contribution is 2.24. The molecule has 0 aliphatic carbocycles. The monoisotopic (exact) mass is 369 g/mol. The van der Waals surface area contributed by atoms with Gasteiger partial charge in [0.1, 0.15) is 5.75 Å². The first-order valence-electron chi connectivity index (χ1n) is 9.18. The van der Waals surface area contributed by atoms with E-state index in [-0.39, 0.29) is 5.91 Å². The number of benzene rings is 2. The van der Waals surface area contributed by atoms with Crippen LogP contribution in [0, 0.1) is 20.8 Å². The summed E-state index contributed by atoms with van der Waals surface area (Å²) in [6.45, 7) is 9.81. The van der Waals surface area contributed by atoms with Crippen LogP contribution in [0.3, 0.4) is 0 Å². The summed E-state index contributed by atoms with van der Waals surface area (Å²) >= 11 is 0. The molecule has 0 unspecified atom stereocenters. The van der Waals surface area contributed by atoms with E-state index in [0.717, 1.165) is 16.7 Å². The number of hydrogen-bond acceptors (Lipinski definition) is 4. The minimum absolute atomic E-state index is 0.248. The second-order valence-corrected chi connectivity index (χ2v) is 6.45. The van der Waals surface area contributed by atoms with E-state index in [1.807, 2.05) is 45.9 Å². The number of rotatable bonds is 7. The fraction of sp³-hybridized carbons (Fsp3) is 0.364. The van der Waals surface area contributed by atoms with Crippen molar-refractivity contribution < 1.29 is 19.1 Å². The molecule has 0 bridgehead atoms. The molecule has 2 aromatic rings. The topological polar surface area (TPSA) is 64.6 Å². The lowest BCUT2D eigenvalue weighted by Gasteiger charge is -2.20. The van der Waals surface area contributed by atoms with Crippen LogP contribution in [0.15, 0.2) is 36.4 Å². The van der Waals surface area contributed by atoms with Crippen molar-refractivity contribution in [1.82, 2.24) is 0 Å². The summed E-state index contributed by atoms with van der Waals surface area (Å²) in [6.07, 6.45) is -0.105. The Bertz CT molecular complexity index is 829. The van der Waals surface area contributed by atoms with Crippen LogP contribution in [0.2, 0.25) is 0 Å². The maximum Gasteiger partial charge on any atom is 0.338 e. The van der Waals surface area contributed by atoms with Crippen molar-refractivity contribution >= 4 is 17.6 Å². The number of carbonyl (C=O) groups excluding carboxylic acids is 2. The van der Waals surface area contributed by atoms with E-state index >= 15 is 0 Å². The van der Waals surface area contributed by atoms with Crippen LogP contribution in [0.4, 0.5) is 5.69 Å². The number of esters is 1. The van der Waals surface area contributed by atoms with Crippen LogP contribution in [-0.4, -0.2) is 24.6 Å². The van der Waals surface area contributed by atoms with Gasteiger partial charge in [-0.05, 0) is 69.0 Å². The number of carbonyl (C=O) groups is 2. The molecular formula is C22H27NO4. The van der Waals surface area contributed by atoms with Crippen molar-refractivity contribution in [2.75, 3.05) is 11.9 Å². The van der Waals surface area contributed by atoms with Gasteiger partial charge in [0.25, 0.3) is 5.91 Å². The second-order valence-electron chi connectivity index (χ2n) is 6.45. The molecule has 1 N–H and O–H groups in total. The molecule has 0 radical (unpaired) electrons. The lowest BCUT2D eigenvalue weighted by molar-refractivity contribution is -0.122.